The quantitative estimate of drug-likeness (QED) is 0.595. The Labute approximate surface area is 133 Å². The van der Waals surface area contributed by atoms with Crippen molar-refractivity contribution in [2.75, 3.05) is 0 Å². The molecule has 1 amide bonds. The van der Waals surface area contributed by atoms with Gasteiger partial charge in [0, 0.05) is 35.9 Å². The van der Waals surface area contributed by atoms with Gasteiger partial charge >= 0.3 is 0 Å². The smallest absolute Gasteiger partial charge is 0.267 e. The van der Waals surface area contributed by atoms with Crippen LogP contribution in [0.2, 0.25) is 0 Å². The molecule has 0 aliphatic rings. The average Bonchev–Trinajstić information content (AvgIpc) is 2.64. The summed E-state index contributed by atoms with van der Waals surface area (Å²) in [7, 11) is 0. The van der Waals surface area contributed by atoms with Gasteiger partial charge in [0.15, 0.2) is 0 Å². The van der Waals surface area contributed by atoms with E-state index < -0.39 is 0 Å². The van der Waals surface area contributed by atoms with Crippen LogP contribution in [0.5, 0.6) is 0 Å². The van der Waals surface area contributed by atoms with E-state index in [2.05, 4.69) is 20.5 Å². The molecule has 0 aliphatic heterocycles. The maximum atomic E-state index is 12.1. The molecule has 0 aliphatic carbocycles. The van der Waals surface area contributed by atoms with Crippen LogP contribution in [0.1, 0.15) is 21.5 Å². The van der Waals surface area contributed by atoms with Gasteiger partial charge < -0.3 is 0 Å². The minimum Gasteiger partial charge on any atom is -0.267 e. The number of amides is 1. The highest BCUT2D eigenvalue weighted by atomic mass is 16.2. The third-order valence-electron chi connectivity index (χ3n) is 3.19. The molecule has 0 fully saturated rings. The number of nitrogens with zero attached hydrogens (tertiary/aromatic N) is 3. The number of nitrogens with one attached hydrogen (secondary N) is 1. The SMILES string of the molecule is O=C(NN=C(c1ccccc1)c1ccncc1)c1cccnc1. The van der Waals surface area contributed by atoms with Crippen LogP contribution in [-0.4, -0.2) is 21.6 Å². The highest BCUT2D eigenvalue weighted by Gasteiger charge is 2.09. The van der Waals surface area contributed by atoms with E-state index in [1.807, 2.05) is 42.5 Å². The molecular formula is C18H14N4O. The van der Waals surface area contributed by atoms with Gasteiger partial charge in [0.2, 0.25) is 0 Å². The van der Waals surface area contributed by atoms with Gasteiger partial charge in [0.25, 0.3) is 5.91 Å². The summed E-state index contributed by atoms with van der Waals surface area (Å²) in [5.41, 5.74) is 5.49. The maximum Gasteiger partial charge on any atom is 0.272 e. The van der Waals surface area contributed by atoms with Crippen molar-refractivity contribution in [1.29, 1.82) is 0 Å². The topological polar surface area (TPSA) is 67.2 Å². The van der Waals surface area contributed by atoms with Gasteiger partial charge in [-0.25, -0.2) is 5.43 Å². The Morgan fingerprint density at radius 3 is 2.17 bits per heavy atom. The van der Waals surface area contributed by atoms with Crippen molar-refractivity contribution in [2.45, 2.75) is 0 Å². The zero-order chi connectivity index (χ0) is 15.9. The van der Waals surface area contributed by atoms with Crippen LogP contribution in [0, 0.1) is 0 Å². The predicted octanol–water partition coefficient (Wildman–Crippen LogP) is 2.66. The molecule has 0 saturated heterocycles. The second-order valence-electron chi connectivity index (χ2n) is 4.74. The number of carbonyl (C=O) groups is 1. The van der Waals surface area contributed by atoms with E-state index in [-0.39, 0.29) is 5.91 Å². The second kappa shape index (κ2) is 7.09. The molecule has 5 nitrogen and oxygen atoms in total. The maximum absolute atomic E-state index is 12.1. The zero-order valence-corrected chi connectivity index (χ0v) is 12.3. The van der Waals surface area contributed by atoms with Crippen molar-refractivity contribution < 1.29 is 4.79 Å². The lowest BCUT2D eigenvalue weighted by Gasteiger charge is -2.07. The van der Waals surface area contributed by atoms with Gasteiger partial charge in [-0.2, -0.15) is 5.10 Å². The number of hydrazone groups is 1. The van der Waals surface area contributed by atoms with Crippen LogP contribution in [-0.2, 0) is 0 Å². The monoisotopic (exact) mass is 302 g/mol. The first kappa shape index (κ1) is 14.6. The van der Waals surface area contributed by atoms with Crippen molar-refractivity contribution in [1.82, 2.24) is 15.4 Å². The molecule has 2 heterocycles. The lowest BCUT2D eigenvalue weighted by atomic mass is 10.0. The first-order valence-corrected chi connectivity index (χ1v) is 7.08. The molecule has 2 aromatic heterocycles. The Bertz CT molecular complexity index is 761. The molecule has 1 aromatic carbocycles. The third-order valence-corrected chi connectivity index (χ3v) is 3.19. The molecule has 3 rings (SSSR count). The summed E-state index contributed by atoms with van der Waals surface area (Å²) in [6, 6.07) is 16.8. The van der Waals surface area contributed by atoms with Crippen LogP contribution < -0.4 is 5.43 Å². The molecule has 3 aromatic rings. The summed E-state index contributed by atoms with van der Waals surface area (Å²) in [5.74, 6) is -0.305. The zero-order valence-electron chi connectivity index (χ0n) is 12.3. The van der Waals surface area contributed by atoms with E-state index in [4.69, 9.17) is 0 Å². The third kappa shape index (κ3) is 3.65. The molecule has 0 bridgehead atoms. The first-order valence-electron chi connectivity index (χ1n) is 7.08. The molecule has 112 valence electrons. The van der Waals surface area contributed by atoms with E-state index in [1.54, 1.807) is 30.7 Å². The second-order valence-corrected chi connectivity index (χ2v) is 4.74. The Morgan fingerprint density at radius 1 is 0.783 bits per heavy atom. The van der Waals surface area contributed by atoms with Crippen LogP contribution in [0.25, 0.3) is 0 Å². The molecule has 23 heavy (non-hydrogen) atoms. The first-order chi connectivity index (χ1) is 11.3. The molecule has 0 radical (unpaired) electrons. The summed E-state index contributed by atoms with van der Waals surface area (Å²) >= 11 is 0. The number of rotatable bonds is 4. The van der Waals surface area contributed by atoms with Gasteiger partial charge in [0.05, 0.1) is 11.3 Å². The van der Waals surface area contributed by atoms with Gasteiger partial charge in [-0.1, -0.05) is 30.3 Å². The number of benzene rings is 1. The van der Waals surface area contributed by atoms with Gasteiger partial charge in [-0.15, -0.1) is 0 Å². The van der Waals surface area contributed by atoms with Crippen LogP contribution in [0.4, 0.5) is 0 Å². The number of hydrogen-bond acceptors (Lipinski definition) is 4. The lowest BCUT2D eigenvalue weighted by Crippen LogP contribution is -2.20. The summed E-state index contributed by atoms with van der Waals surface area (Å²) in [6.07, 6.45) is 6.50. The fourth-order valence-electron chi connectivity index (χ4n) is 2.07. The van der Waals surface area contributed by atoms with Crippen molar-refractivity contribution in [2.24, 2.45) is 5.10 Å². The number of pyridine rings is 2. The number of aromatic nitrogens is 2. The molecule has 0 atom stereocenters. The molecule has 5 heteroatoms. The summed E-state index contributed by atoms with van der Waals surface area (Å²) in [4.78, 5) is 20.1. The largest absolute Gasteiger partial charge is 0.272 e. The summed E-state index contributed by atoms with van der Waals surface area (Å²) in [6.45, 7) is 0. The van der Waals surface area contributed by atoms with Crippen molar-refractivity contribution in [3.05, 3.63) is 96.1 Å². The van der Waals surface area contributed by atoms with Crippen molar-refractivity contribution in [3.63, 3.8) is 0 Å². The molecular weight excluding hydrogens is 288 g/mol. The van der Waals surface area contributed by atoms with Crippen molar-refractivity contribution in [3.8, 4) is 0 Å². The minimum atomic E-state index is -0.305. The van der Waals surface area contributed by atoms with Gasteiger partial charge in [0.1, 0.15) is 0 Å². The Hall–Kier alpha value is -3.34. The van der Waals surface area contributed by atoms with E-state index in [0.717, 1.165) is 11.1 Å². The standard InChI is InChI=1S/C18H14N4O/c23-18(16-7-4-10-20-13-16)22-21-17(14-5-2-1-3-6-14)15-8-11-19-12-9-15/h1-13H,(H,22,23). The lowest BCUT2D eigenvalue weighted by molar-refractivity contribution is 0.0954. The summed E-state index contributed by atoms with van der Waals surface area (Å²) < 4.78 is 0. The number of hydrogen-bond donors (Lipinski definition) is 1. The highest BCUT2D eigenvalue weighted by Crippen LogP contribution is 2.09. The van der Waals surface area contributed by atoms with Gasteiger partial charge in [-0.05, 0) is 24.3 Å². The molecule has 0 unspecified atom stereocenters. The normalized spacial score (nSPS) is 11.0. The summed E-state index contributed by atoms with van der Waals surface area (Å²) in [5, 5.41) is 4.30. The highest BCUT2D eigenvalue weighted by molar-refractivity contribution is 6.13. The molecule has 0 saturated carbocycles. The molecule has 0 spiro atoms. The van der Waals surface area contributed by atoms with Crippen molar-refractivity contribution >= 4 is 11.6 Å². The van der Waals surface area contributed by atoms with E-state index in [0.29, 0.717) is 11.3 Å². The van der Waals surface area contributed by atoms with E-state index in [1.165, 1.54) is 6.20 Å². The predicted molar refractivity (Wildman–Crippen MR) is 88.0 cm³/mol. The fraction of sp³-hybridized carbons (Fsp3) is 0. The van der Waals surface area contributed by atoms with Crippen LogP contribution in [0.3, 0.4) is 0 Å². The molecule has 1 N–H and O–H groups in total. The van der Waals surface area contributed by atoms with E-state index in [9.17, 15) is 4.79 Å². The average molecular weight is 302 g/mol. The Kier molecular flexibility index (Phi) is 4.49. The Balaban J connectivity index is 1.91. The Morgan fingerprint density at radius 2 is 1.48 bits per heavy atom. The van der Waals surface area contributed by atoms with E-state index >= 15 is 0 Å². The fourth-order valence-corrected chi connectivity index (χ4v) is 2.07. The van der Waals surface area contributed by atoms with Crippen LogP contribution >= 0.6 is 0 Å². The van der Waals surface area contributed by atoms with Crippen LogP contribution in [0.15, 0.2) is 84.5 Å². The number of carbonyl (C=O) groups excluding carboxylic acids is 1. The van der Waals surface area contributed by atoms with Gasteiger partial charge in [-0.3, -0.25) is 14.8 Å². The minimum absolute atomic E-state index is 0.305.